The van der Waals surface area contributed by atoms with E-state index in [-0.39, 0.29) is 18.6 Å². The molecule has 0 saturated heterocycles. The van der Waals surface area contributed by atoms with Gasteiger partial charge in [-0.1, -0.05) is 0 Å². The van der Waals surface area contributed by atoms with E-state index in [4.69, 9.17) is 10.5 Å². The number of benzene rings is 1. The van der Waals surface area contributed by atoms with Crippen molar-refractivity contribution < 1.29 is 18.6 Å². The number of aliphatic hydroxyl groups excluding tert-OH is 1. The highest BCUT2D eigenvalue weighted by Crippen LogP contribution is 2.21. The molecule has 16 heavy (non-hydrogen) atoms. The summed E-state index contributed by atoms with van der Waals surface area (Å²) in [5, 5.41) is 9.68. The summed E-state index contributed by atoms with van der Waals surface area (Å²) in [6.45, 7) is 0.258. The fourth-order valence-corrected chi connectivity index (χ4v) is 1.47. The van der Waals surface area contributed by atoms with Gasteiger partial charge in [0.1, 0.15) is 11.6 Å². The van der Waals surface area contributed by atoms with Crippen LogP contribution in [-0.4, -0.2) is 24.9 Å². The molecule has 90 valence electrons. The Morgan fingerprint density at radius 2 is 2.12 bits per heavy atom. The third-order valence-corrected chi connectivity index (χ3v) is 2.22. The van der Waals surface area contributed by atoms with Gasteiger partial charge in [-0.3, -0.25) is 0 Å². The van der Waals surface area contributed by atoms with Crippen LogP contribution >= 0.6 is 0 Å². The van der Waals surface area contributed by atoms with Gasteiger partial charge in [0.25, 0.3) is 0 Å². The molecule has 5 heteroatoms. The second-order valence-electron chi connectivity index (χ2n) is 3.63. The average molecular weight is 231 g/mol. The van der Waals surface area contributed by atoms with Crippen LogP contribution in [0.4, 0.5) is 8.78 Å². The molecule has 1 aromatic rings. The predicted molar refractivity (Wildman–Crippen MR) is 55.8 cm³/mol. The Hall–Kier alpha value is -1.04. The molecule has 1 rings (SSSR count). The number of rotatable bonds is 5. The fourth-order valence-electron chi connectivity index (χ4n) is 1.47. The lowest BCUT2D eigenvalue weighted by atomic mass is 10.0. The summed E-state index contributed by atoms with van der Waals surface area (Å²) < 4.78 is 30.9. The van der Waals surface area contributed by atoms with E-state index in [9.17, 15) is 13.9 Å². The van der Waals surface area contributed by atoms with Crippen LogP contribution in [0, 0.1) is 11.6 Å². The van der Waals surface area contributed by atoms with Crippen LogP contribution in [0.15, 0.2) is 18.2 Å². The Morgan fingerprint density at radius 1 is 1.44 bits per heavy atom. The Labute approximate surface area is 92.8 Å². The zero-order valence-corrected chi connectivity index (χ0v) is 8.99. The topological polar surface area (TPSA) is 55.5 Å². The molecule has 0 amide bonds. The SMILES string of the molecule is COCC(N)CC(O)c1cc(F)ccc1F. The molecule has 0 radical (unpaired) electrons. The van der Waals surface area contributed by atoms with Crippen molar-refractivity contribution in [3.8, 4) is 0 Å². The predicted octanol–water partition coefficient (Wildman–Crippen LogP) is 1.36. The van der Waals surface area contributed by atoms with E-state index < -0.39 is 23.8 Å². The maximum absolute atomic E-state index is 13.3. The summed E-state index contributed by atoms with van der Waals surface area (Å²) in [5.74, 6) is -1.23. The van der Waals surface area contributed by atoms with Gasteiger partial charge >= 0.3 is 0 Å². The van der Waals surface area contributed by atoms with E-state index in [2.05, 4.69) is 0 Å². The van der Waals surface area contributed by atoms with E-state index in [1.807, 2.05) is 0 Å². The number of methoxy groups -OCH3 is 1. The summed E-state index contributed by atoms with van der Waals surface area (Å²) in [6, 6.07) is 2.54. The van der Waals surface area contributed by atoms with Crippen molar-refractivity contribution in [3.63, 3.8) is 0 Å². The highest BCUT2D eigenvalue weighted by molar-refractivity contribution is 5.21. The molecule has 0 spiro atoms. The largest absolute Gasteiger partial charge is 0.388 e. The maximum Gasteiger partial charge on any atom is 0.129 e. The van der Waals surface area contributed by atoms with E-state index in [0.717, 1.165) is 18.2 Å². The van der Waals surface area contributed by atoms with Crippen molar-refractivity contribution in [2.45, 2.75) is 18.6 Å². The summed E-state index contributed by atoms with van der Waals surface area (Å²) in [4.78, 5) is 0. The number of ether oxygens (including phenoxy) is 1. The normalized spacial score (nSPS) is 14.8. The van der Waals surface area contributed by atoms with Gasteiger partial charge in [0.05, 0.1) is 12.7 Å². The van der Waals surface area contributed by atoms with Crippen LogP contribution in [0.25, 0.3) is 0 Å². The Bertz CT molecular complexity index is 347. The maximum atomic E-state index is 13.3. The van der Waals surface area contributed by atoms with Gasteiger partial charge in [-0.2, -0.15) is 0 Å². The van der Waals surface area contributed by atoms with Crippen LogP contribution in [0.5, 0.6) is 0 Å². The molecule has 1 aromatic carbocycles. The molecule has 2 unspecified atom stereocenters. The summed E-state index contributed by atoms with van der Waals surface area (Å²) in [6.07, 6.45) is -1.00. The number of hydrogen-bond donors (Lipinski definition) is 2. The van der Waals surface area contributed by atoms with Gasteiger partial charge in [-0.25, -0.2) is 8.78 Å². The smallest absolute Gasteiger partial charge is 0.129 e. The van der Waals surface area contributed by atoms with Gasteiger partial charge in [-0.15, -0.1) is 0 Å². The molecular formula is C11H15F2NO2. The van der Waals surface area contributed by atoms with Crippen LogP contribution in [0.1, 0.15) is 18.1 Å². The van der Waals surface area contributed by atoms with E-state index in [1.165, 1.54) is 7.11 Å². The van der Waals surface area contributed by atoms with Crippen molar-refractivity contribution in [3.05, 3.63) is 35.4 Å². The van der Waals surface area contributed by atoms with Gasteiger partial charge in [0.15, 0.2) is 0 Å². The number of nitrogens with two attached hydrogens (primary N) is 1. The van der Waals surface area contributed by atoms with Crippen LogP contribution < -0.4 is 5.73 Å². The van der Waals surface area contributed by atoms with E-state index in [1.54, 1.807) is 0 Å². The van der Waals surface area contributed by atoms with Gasteiger partial charge < -0.3 is 15.6 Å². The highest BCUT2D eigenvalue weighted by atomic mass is 19.1. The minimum absolute atomic E-state index is 0.0773. The molecule has 3 nitrogen and oxygen atoms in total. The lowest BCUT2D eigenvalue weighted by Gasteiger charge is -2.16. The molecule has 0 aromatic heterocycles. The molecule has 0 heterocycles. The minimum Gasteiger partial charge on any atom is -0.388 e. The molecule has 0 aliphatic rings. The van der Waals surface area contributed by atoms with E-state index >= 15 is 0 Å². The van der Waals surface area contributed by atoms with Crippen molar-refractivity contribution in [2.24, 2.45) is 5.73 Å². The molecule has 0 fully saturated rings. The summed E-state index contributed by atoms with van der Waals surface area (Å²) >= 11 is 0. The van der Waals surface area contributed by atoms with Crippen molar-refractivity contribution in [2.75, 3.05) is 13.7 Å². The zero-order chi connectivity index (χ0) is 12.1. The molecule has 2 atom stereocenters. The van der Waals surface area contributed by atoms with Crippen molar-refractivity contribution in [1.82, 2.24) is 0 Å². The molecule has 0 bridgehead atoms. The second kappa shape index (κ2) is 5.89. The molecule has 0 aliphatic heterocycles. The minimum atomic E-state index is -1.12. The van der Waals surface area contributed by atoms with Crippen LogP contribution in [0.2, 0.25) is 0 Å². The monoisotopic (exact) mass is 231 g/mol. The lowest BCUT2D eigenvalue weighted by Crippen LogP contribution is -2.28. The Morgan fingerprint density at radius 3 is 2.75 bits per heavy atom. The molecule has 3 N–H and O–H groups in total. The summed E-state index contributed by atoms with van der Waals surface area (Å²) in [5.41, 5.74) is 5.53. The first-order valence-corrected chi connectivity index (χ1v) is 4.92. The molecule has 0 saturated carbocycles. The first-order valence-electron chi connectivity index (χ1n) is 4.92. The first kappa shape index (κ1) is 13.0. The average Bonchev–Trinajstić information content (AvgIpc) is 2.21. The third kappa shape index (κ3) is 3.52. The van der Waals surface area contributed by atoms with Gasteiger partial charge in [0, 0.05) is 18.7 Å². The molecular weight excluding hydrogens is 216 g/mol. The molecule has 0 aliphatic carbocycles. The fraction of sp³-hybridized carbons (Fsp3) is 0.455. The quantitative estimate of drug-likeness (QED) is 0.804. The summed E-state index contributed by atoms with van der Waals surface area (Å²) in [7, 11) is 1.48. The second-order valence-corrected chi connectivity index (χ2v) is 3.63. The number of hydrogen-bond acceptors (Lipinski definition) is 3. The lowest BCUT2D eigenvalue weighted by molar-refractivity contribution is 0.119. The Balaban J connectivity index is 2.72. The highest BCUT2D eigenvalue weighted by Gasteiger charge is 2.17. The van der Waals surface area contributed by atoms with Crippen molar-refractivity contribution in [1.29, 1.82) is 0 Å². The van der Waals surface area contributed by atoms with Crippen molar-refractivity contribution >= 4 is 0 Å². The zero-order valence-electron chi connectivity index (χ0n) is 8.99. The van der Waals surface area contributed by atoms with Crippen LogP contribution in [-0.2, 0) is 4.74 Å². The van der Waals surface area contributed by atoms with E-state index in [0.29, 0.717) is 0 Å². The third-order valence-electron chi connectivity index (χ3n) is 2.22. The number of aliphatic hydroxyl groups is 1. The standard InChI is InChI=1S/C11H15F2NO2/c1-16-6-8(14)5-11(15)9-4-7(12)2-3-10(9)13/h2-4,8,11,15H,5-6,14H2,1H3. The Kier molecular flexibility index (Phi) is 4.79. The van der Waals surface area contributed by atoms with Crippen LogP contribution in [0.3, 0.4) is 0 Å². The first-order chi connectivity index (χ1) is 7.54. The number of halogens is 2. The van der Waals surface area contributed by atoms with Gasteiger partial charge in [-0.05, 0) is 24.6 Å². The van der Waals surface area contributed by atoms with Gasteiger partial charge in [0.2, 0.25) is 0 Å².